The molecular weight excluding hydrogens is 368 g/mol. The second-order valence-corrected chi connectivity index (χ2v) is 8.50. The molecule has 28 heavy (non-hydrogen) atoms. The van der Waals surface area contributed by atoms with Crippen LogP contribution in [0.5, 0.6) is 0 Å². The maximum atomic E-state index is 12.8. The number of aryl methyl sites for hydroxylation is 1. The lowest BCUT2D eigenvalue weighted by molar-refractivity contribution is 0.102. The van der Waals surface area contributed by atoms with Crippen LogP contribution in [-0.2, 0) is 13.6 Å². The maximum Gasteiger partial charge on any atom is 0.191 e. The van der Waals surface area contributed by atoms with Gasteiger partial charge in [0.25, 0.3) is 0 Å². The Morgan fingerprint density at radius 2 is 1.86 bits per heavy atom. The van der Waals surface area contributed by atoms with Crippen molar-refractivity contribution < 1.29 is 4.79 Å². The van der Waals surface area contributed by atoms with Gasteiger partial charge in [0.1, 0.15) is 0 Å². The Morgan fingerprint density at radius 1 is 1.14 bits per heavy atom. The van der Waals surface area contributed by atoms with Crippen molar-refractivity contribution in [3.05, 3.63) is 53.3 Å². The van der Waals surface area contributed by atoms with E-state index in [0.717, 1.165) is 46.5 Å². The molecule has 148 valence electrons. The van der Waals surface area contributed by atoms with Gasteiger partial charge in [-0.05, 0) is 32.3 Å². The first kappa shape index (κ1) is 20.4. The molecule has 0 N–H and O–H groups in total. The molecule has 1 aromatic carbocycles. The molecule has 0 unspecified atom stereocenters. The van der Waals surface area contributed by atoms with Crippen molar-refractivity contribution in [3.8, 4) is 11.4 Å². The van der Waals surface area contributed by atoms with Crippen LogP contribution in [0, 0.1) is 19.8 Å². The fourth-order valence-electron chi connectivity index (χ4n) is 3.30. The summed E-state index contributed by atoms with van der Waals surface area (Å²) in [5, 5.41) is 9.31. The summed E-state index contributed by atoms with van der Waals surface area (Å²) in [5.41, 5.74) is 4.05. The molecule has 0 aliphatic carbocycles. The lowest BCUT2D eigenvalue weighted by Gasteiger charge is -2.11. The van der Waals surface area contributed by atoms with Gasteiger partial charge < -0.3 is 9.13 Å². The lowest BCUT2D eigenvalue weighted by atomic mass is 10.1. The predicted molar refractivity (Wildman–Crippen MR) is 115 cm³/mol. The van der Waals surface area contributed by atoms with Gasteiger partial charge in [-0.1, -0.05) is 55.9 Å². The molecule has 0 radical (unpaired) electrons. The van der Waals surface area contributed by atoms with Gasteiger partial charge >= 0.3 is 0 Å². The minimum atomic E-state index is 0.137. The van der Waals surface area contributed by atoms with E-state index in [1.165, 1.54) is 11.8 Å². The fraction of sp³-hybridized carbons (Fsp3) is 0.409. The normalized spacial score (nSPS) is 11.4. The summed E-state index contributed by atoms with van der Waals surface area (Å²) in [5.74, 6) is 1.95. The average Bonchev–Trinajstić information content (AvgIpc) is 3.18. The number of hydrogen-bond donors (Lipinski definition) is 0. The predicted octanol–water partition coefficient (Wildman–Crippen LogP) is 4.92. The van der Waals surface area contributed by atoms with E-state index in [9.17, 15) is 4.79 Å². The number of Topliss-reactive ketones (excluding diaryl/α,β-unsaturated/α-hetero) is 1. The van der Waals surface area contributed by atoms with Crippen LogP contribution < -0.4 is 0 Å². The number of hydrogen-bond acceptors (Lipinski definition) is 4. The third-order valence-corrected chi connectivity index (χ3v) is 6.02. The van der Waals surface area contributed by atoms with Crippen LogP contribution in [0.4, 0.5) is 0 Å². The molecule has 2 heterocycles. The molecule has 0 amide bonds. The first-order valence-corrected chi connectivity index (χ1v) is 10.6. The minimum absolute atomic E-state index is 0.137. The van der Waals surface area contributed by atoms with Crippen molar-refractivity contribution in [1.82, 2.24) is 19.3 Å². The third-order valence-electron chi connectivity index (χ3n) is 5.00. The zero-order valence-corrected chi connectivity index (χ0v) is 18.1. The van der Waals surface area contributed by atoms with Crippen molar-refractivity contribution in [2.45, 2.75) is 45.8 Å². The molecule has 0 saturated heterocycles. The van der Waals surface area contributed by atoms with E-state index >= 15 is 0 Å². The average molecular weight is 397 g/mol. The number of carbonyl (C=O) groups excluding carboxylic acids is 1. The summed E-state index contributed by atoms with van der Waals surface area (Å²) >= 11 is 1.44. The number of carbonyl (C=O) groups is 1. The van der Waals surface area contributed by atoms with Gasteiger partial charge in [-0.25, -0.2) is 0 Å². The summed E-state index contributed by atoms with van der Waals surface area (Å²) in [6.07, 6.45) is 1.11. The highest BCUT2D eigenvalue weighted by Crippen LogP contribution is 2.24. The molecule has 5 nitrogen and oxygen atoms in total. The fourth-order valence-corrected chi connectivity index (χ4v) is 4.10. The van der Waals surface area contributed by atoms with Crippen molar-refractivity contribution in [2.24, 2.45) is 13.0 Å². The largest absolute Gasteiger partial charge is 0.348 e. The Morgan fingerprint density at radius 3 is 2.54 bits per heavy atom. The number of benzene rings is 1. The summed E-state index contributed by atoms with van der Waals surface area (Å²) in [4.78, 5) is 12.8. The van der Waals surface area contributed by atoms with Crippen molar-refractivity contribution in [2.75, 3.05) is 5.75 Å². The quantitative estimate of drug-likeness (QED) is 0.400. The molecule has 2 aromatic heterocycles. The number of ketones is 1. The van der Waals surface area contributed by atoms with Crippen molar-refractivity contribution in [3.63, 3.8) is 0 Å². The monoisotopic (exact) mass is 396 g/mol. The summed E-state index contributed by atoms with van der Waals surface area (Å²) in [7, 11) is 1.94. The van der Waals surface area contributed by atoms with Crippen LogP contribution in [0.3, 0.4) is 0 Å². The molecule has 0 saturated carbocycles. The SMILES string of the molecule is Cc1cc(C(=O)CSc2nnc(-c3ccccc3)n2C)c(C)n1CCC(C)C. The van der Waals surface area contributed by atoms with E-state index in [1.807, 2.05) is 54.9 Å². The Labute approximate surface area is 171 Å². The van der Waals surface area contributed by atoms with E-state index < -0.39 is 0 Å². The highest BCUT2D eigenvalue weighted by atomic mass is 32.2. The third kappa shape index (κ3) is 4.38. The molecule has 6 heteroatoms. The maximum absolute atomic E-state index is 12.8. The van der Waals surface area contributed by atoms with Gasteiger partial charge in [0.15, 0.2) is 16.8 Å². The number of nitrogens with zero attached hydrogens (tertiary/aromatic N) is 4. The number of aromatic nitrogens is 4. The Bertz CT molecular complexity index is 957. The second-order valence-electron chi connectivity index (χ2n) is 7.56. The van der Waals surface area contributed by atoms with Gasteiger partial charge in [-0.15, -0.1) is 10.2 Å². The summed E-state index contributed by atoms with van der Waals surface area (Å²) in [6.45, 7) is 9.52. The minimum Gasteiger partial charge on any atom is -0.348 e. The van der Waals surface area contributed by atoms with Crippen LogP contribution in [0.25, 0.3) is 11.4 Å². The second kappa shape index (κ2) is 8.78. The van der Waals surface area contributed by atoms with Gasteiger partial charge in [0.2, 0.25) is 0 Å². The highest BCUT2D eigenvalue weighted by molar-refractivity contribution is 7.99. The van der Waals surface area contributed by atoms with Crippen LogP contribution in [-0.4, -0.2) is 30.9 Å². The lowest BCUT2D eigenvalue weighted by Crippen LogP contribution is -2.08. The van der Waals surface area contributed by atoms with Crippen LogP contribution in [0.1, 0.15) is 42.0 Å². The highest BCUT2D eigenvalue weighted by Gasteiger charge is 2.18. The van der Waals surface area contributed by atoms with Gasteiger partial charge in [0.05, 0.1) is 5.75 Å². The molecule has 3 rings (SSSR count). The van der Waals surface area contributed by atoms with Crippen LogP contribution in [0.15, 0.2) is 41.6 Å². The zero-order chi connectivity index (χ0) is 20.3. The van der Waals surface area contributed by atoms with Crippen LogP contribution in [0.2, 0.25) is 0 Å². The van der Waals surface area contributed by atoms with Gasteiger partial charge in [-0.3, -0.25) is 4.79 Å². The van der Waals surface area contributed by atoms with Gasteiger partial charge in [-0.2, -0.15) is 0 Å². The summed E-state index contributed by atoms with van der Waals surface area (Å²) < 4.78 is 4.20. The Kier molecular flexibility index (Phi) is 6.39. The van der Waals surface area contributed by atoms with Gasteiger partial charge in [0, 0.05) is 36.1 Å². The van der Waals surface area contributed by atoms with E-state index in [2.05, 4.69) is 35.5 Å². The zero-order valence-electron chi connectivity index (χ0n) is 17.3. The van der Waals surface area contributed by atoms with Crippen molar-refractivity contribution in [1.29, 1.82) is 0 Å². The standard InChI is InChI=1S/C22H28N4OS/c1-15(2)11-12-26-16(3)13-19(17(26)4)20(27)14-28-22-24-23-21(25(22)5)18-9-7-6-8-10-18/h6-10,13,15H,11-12,14H2,1-5H3. The van der Waals surface area contributed by atoms with E-state index in [0.29, 0.717) is 11.7 Å². The van der Waals surface area contributed by atoms with Crippen molar-refractivity contribution >= 4 is 17.5 Å². The topological polar surface area (TPSA) is 52.7 Å². The Balaban J connectivity index is 1.70. The summed E-state index contributed by atoms with van der Waals surface area (Å²) in [6, 6.07) is 12.0. The Hall–Kier alpha value is -2.34. The molecule has 3 aromatic rings. The molecule has 0 bridgehead atoms. The molecule has 0 aliphatic rings. The molecule has 0 spiro atoms. The van der Waals surface area contributed by atoms with E-state index in [-0.39, 0.29) is 5.78 Å². The number of thioether (sulfide) groups is 1. The smallest absolute Gasteiger partial charge is 0.191 e. The van der Waals surface area contributed by atoms with E-state index in [1.54, 1.807) is 0 Å². The molecule has 0 atom stereocenters. The molecular formula is C22H28N4OS. The number of rotatable bonds is 8. The van der Waals surface area contributed by atoms with E-state index in [4.69, 9.17) is 0 Å². The first-order valence-electron chi connectivity index (χ1n) is 9.66. The molecule has 0 aliphatic heterocycles. The van der Waals surface area contributed by atoms with Crippen LogP contribution >= 0.6 is 11.8 Å². The first-order chi connectivity index (χ1) is 13.4. The molecule has 0 fully saturated rings.